The average molecular weight is 365 g/mol. The van der Waals surface area contributed by atoms with Crippen LogP contribution in [0.2, 0.25) is 0 Å². The Morgan fingerprint density at radius 1 is 1.04 bits per heavy atom. The summed E-state index contributed by atoms with van der Waals surface area (Å²) in [6.45, 7) is 1.37. The number of amides is 1. The van der Waals surface area contributed by atoms with Gasteiger partial charge in [0, 0.05) is 18.7 Å². The van der Waals surface area contributed by atoms with E-state index in [0.717, 1.165) is 19.3 Å². The number of carbonyl (C=O) groups is 1. The van der Waals surface area contributed by atoms with Gasteiger partial charge in [0.15, 0.2) is 0 Å². The van der Waals surface area contributed by atoms with Crippen LogP contribution >= 0.6 is 0 Å². The normalized spacial score (nSPS) is 15.1. The highest BCUT2D eigenvalue weighted by Gasteiger charge is 2.27. The molecule has 6 heteroatoms. The monoisotopic (exact) mass is 365 g/mol. The first-order valence-electron chi connectivity index (χ1n) is 9.11. The first kappa shape index (κ1) is 17.4. The van der Waals surface area contributed by atoms with E-state index >= 15 is 0 Å². The Labute approximate surface area is 156 Å². The summed E-state index contributed by atoms with van der Waals surface area (Å²) >= 11 is 0. The van der Waals surface area contributed by atoms with Crippen LogP contribution in [0.4, 0.5) is 4.39 Å². The van der Waals surface area contributed by atoms with Crippen LogP contribution in [0.15, 0.2) is 59.0 Å². The number of halogens is 1. The lowest BCUT2D eigenvalue weighted by Crippen LogP contribution is -2.39. The number of hydrogen-bond donors (Lipinski definition) is 0. The molecule has 138 valence electrons. The number of rotatable bonds is 4. The topological polar surface area (TPSA) is 59.2 Å². The first-order valence-corrected chi connectivity index (χ1v) is 9.11. The molecule has 4 rings (SSSR count). The van der Waals surface area contributed by atoms with Gasteiger partial charge in [-0.25, -0.2) is 4.39 Å². The lowest BCUT2D eigenvalue weighted by atomic mass is 9.90. The van der Waals surface area contributed by atoms with E-state index in [1.165, 1.54) is 17.7 Å². The molecule has 5 nitrogen and oxygen atoms in total. The maximum absolute atomic E-state index is 13.0. The summed E-state index contributed by atoms with van der Waals surface area (Å²) in [6.07, 6.45) is 2.96. The molecular weight excluding hydrogens is 345 g/mol. The number of nitrogens with zero attached hydrogens (tertiary/aromatic N) is 3. The maximum Gasteiger partial charge on any atom is 0.311 e. The molecule has 27 heavy (non-hydrogen) atoms. The summed E-state index contributed by atoms with van der Waals surface area (Å²) in [7, 11) is 0. The van der Waals surface area contributed by atoms with Crippen LogP contribution in [0, 0.1) is 11.7 Å². The van der Waals surface area contributed by atoms with E-state index < -0.39 is 0 Å². The molecule has 0 radical (unpaired) electrons. The quantitative estimate of drug-likeness (QED) is 0.702. The third kappa shape index (κ3) is 4.05. The van der Waals surface area contributed by atoms with Crippen molar-refractivity contribution in [1.29, 1.82) is 0 Å². The number of benzene rings is 2. The van der Waals surface area contributed by atoms with Gasteiger partial charge in [-0.05, 0) is 55.0 Å². The molecule has 1 amide bonds. The maximum atomic E-state index is 13.0. The summed E-state index contributed by atoms with van der Waals surface area (Å²) in [4.78, 5) is 14.4. The summed E-state index contributed by atoms with van der Waals surface area (Å²) in [5, 5.41) is 7.79. The number of aromatic nitrogens is 2. The minimum Gasteiger partial charge on any atom is -0.412 e. The van der Waals surface area contributed by atoms with E-state index in [4.69, 9.17) is 4.42 Å². The predicted molar refractivity (Wildman–Crippen MR) is 98.5 cm³/mol. The smallest absolute Gasteiger partial charge is 0.311 e. The van der Waals surface area contributed by atoms with Crippen molar-refractivity contribution in [2.45, 2.75) is 19.3 Å². The van der Waals surface area contributed by atoms with Crippen LogP contribution < -0.4 is 0 Å². The van der Waals surface area contributed by atoms with E-state index in [1.807, 2.05) is 6.07 Å². The molecule has 2 heterocycles. The lowest BCUT2D eigenvalue weighted by Gasteiger charge is -2.31. The number of likely N-dealkylation sites (tertiary alicyclic amines) is 1. The standard InChI is InChI=1S/C21H20FN3O2/c22-18-8-6-17(7-9-18)19-23-24-20(27-19)21(26)25-12-10-16(11-13-25)14-15-4-2-1-3-5-15/h1-9,16H,10-14H2. The van der Waals surface area contributed by atoms with Gasteiger partial charge < -0.3 is 9.32 Å². The van der Waals surface area contributed by atoms with E-state index in [9.17, 15) is 9.18 Å². The molecule has 0 atom stereocenters. The second-order valence-corrected chi connectivity index (χ2v) is 6.84. The van der Waals surface area contributed by atoms with Gasteiger partial charge in [0.25, 0.3) is 0 Å². The van der Waals surface area contributed by atoms with Gasteiger partial charge in [-0.2, -0.15) is 0 Å². The van der Waals surface area contributed by atoms with Crippen LogP contribution in [0.5, 0.6) is 0 Å². The minimum atomic E-state index is -0.340. The van der Waals surface area contributed by atoms with Crippen LogP contribution in [0.25, 0.3) is 11.5 Å². The minimum absolute atomic E-state index is 0.0177. The van der Waals surface area contributed by atoms with Crippen molar-refractivity contribution in [2.75, 3.05) is 13.1 Å². The van der Waals surface area contributed by atoms with Crippen molar-refractivity contribution >= 4 is 5.91 Å². The molecule has 1 aliphatic rings. The van der Waals surface area contributed by atoms with Crippen molar-refractivity contribution in [3.8, 4) is 11.5 Å². The highest BCUT2D eigenvalue weighted by atomic mass is 19.1. The molecule has 1 fully saturated rings. The lowest BCUT2D eigenvalue weighted by molar-refractivity contribution is 0.0651. The van der Waals surface area contributed by atoms with Gasteiger partial charge >= 0.3 is 11.8 Å². The van der Waals surface area contributed by atoms with Gasteiger partial charge in [-0.15, -0.1) is 10.2 Å². The van der Waals surface area contributed by atoms with Gasteiger partial charge in [-0.3, -0.25) is 4.79 Å². The fraction of sp³-hybridized carbons (Fsp3) is 0.286. The third-order valence-electron chi connectivity index (χ3n) is 4.97. The summed E-state index contributed by atoms with van der Waals surface area (Å²) < 4.78 is 18.5. The fourth-order valence-electron chi connectivity index (χ4n) is 3.44. The van der Waals surface area contributed by atoms with Crippen LogP contribution in [-0.4, -0.2) is 34.1 Å². The van der Waals surface area contributed by atoms with Gasteiger partial charge in [0.2, 0.25) is 5.89 Å². The van der Waals surface area contributed by atoms with Crippen LogP contribution in [-0.2, 0) is 6.42 Å². The summed E-state index contributed by atoms with van der Waals surface area (Å²) in [5.41, 5.74) is 1.92. The molecule has 0 bridgehead atoms. The predicted octanol–water partition coefficient (Wildman–Crippen LogP) is 3.97. The van der Waals surface area contributed by atoms with Crippen molar-refractivity contribution in [1.82, 2.24) is 15.1 Å². The zero-order chi connectivity index (χ0) is 18.6. The highest BCUT2D eigenvalue weighted by molar-refractivity contribution is 5.89. The molecule has 0 unspecified atom stereocenters. The average Bonchev–Trinajstić information content (AvgIpc) is 3.20. The zero-order valence-corrected chi connectivity index (χ0v) is 14.8. The Hall–Kier alpha value is -3.02. The van der Waals surface area contributed by atoms with Gasteiger partial charge in [0.05, 0.1) is 0 Å². The van der Waals surface area contributed by atoms with Crippen molar-refractivity contribution in [3.05, 3.63) is 71.9 Å². The molecule has 2 aromatic carbocycles. The SMILES string of the molecule is O=C(c1nnc(-c2ccc(F)cc2)o1)N1CCC(Cc2ccccc2)CC1. The van der Waals surface area contributed by atoms with Crippen molar-refractivity contribution in [3.63, 3.8) is 0 Å². The summed E-state index contributed by atoms with van der Waals surface area (Å²) in [5.74, 6) is 0.198. The largest absolute Gasteiger partial charge is 0.412 e. The van der Waals surface area contributed by atoms with Crippen molar-refractivity contribution in [2.24, 2.45) is 5.92 Å². The van der Waals surface area contributed by atoms with Crippen LogP contribution in [0.1, 0.15) is 29.1 Å². The van der Waals surface area contributed by atoms with Gasteiger partial charge in [0.1, 0.15) is 5.82 Å². The molecule has 1 aromatic heterocycles. The number of piperidine rings is 1. The molecule has 0 N–H and O–H groups in total. The molecule has 0 aliphatic carbocycles. The fourth-order valence-corrected chi connectivity index (χ4v) is 3.44. The number of hydrogen-bond acceptors (Lipinski definition) is 4. The van der Waals surface area contributed by atoms with E-state index in [2.05, 4.69) is 34.5 Å². The van der Waals surface area contributed by atoms with Crippen molar-refractivity contribution < 1.29 is 13.6 Å². The third-order valence-corrected chi connectivity index (χ3v) is 4.97. The van der Waals surface area contributed by atoms with Crippen LogP contribution in [0.3, 0.4) is 0 Å². The summed E-state index contributed by atoms with van der Waals surface area (Å²) in [6, 6.07) is 16.2. The Morgan fingerprint density at radius 2 is 1.74 bits per heavy atom. The Morgan fingerprint density at radius 3 is 2.44 bits per heavy atom. The highest BCUT2D eigenvalue weighted by Crippen LogP contribution is 2.24. The molecular formula is C21H20FN3O2. The molecule has 1 aliphatic heterocycles. The number of carbonyl (C=O) groups excluding carboxylic acids is 1. The molecule has 0 saturated carbocycles. The van der Waals surface area contributed by atoms with E-state index in [1.54, 1.807) is 17.0 Å². The Bertz CT molecular complexity index is 901. The molecule has 3 aromatic rings. The van der Waals surface area contributed by atoms with E-state index in [0.29, 0.717) is 24.6 Å². The second-order valence-electron chi connectivity index (χ2n) is 6.84. The van der Waals surface area contributed by atoms with Gasteiger partial charge in [-0.1, -0.05) is 30.3 Å². The zero-order valence-electron chi connectivity index (χ0n) is 14.8. The second kappa shape index (κ2) is 7.70. The van der Waals surface area contributed by atoms with E-state index in [-0.39, 0.29) is 23.5 Å². The Balaban J connectivity index is 1.36. The Kier molecular flexibility index (Phi) is 4.96. The molecule has 0 spiro atoms. The molecule has 1 saturated heterocycles. The first-order chi connectivity index (χ1) is 13.2.